The van der Waals surface area contributed by atoms with Gasteiger partial charge in [-0.1, -0.05) is 0 Å². The summed E-state index contributed by atoms with van der Waals surface area (Å²) in [5, 5.41) is 0. The second kappa shape index (κ2) is 5.72. The molecule has 15 heavy (non-hydrogen) atoms. The van der Waals surface area contributed by atoms with Crippen LogP contribution in [0.5, 0.6) is 11.5 Å². The van der Waals surface area contributed by atoms with E-state index in [0.29, 0.717) is 18.1 Å². The van der Waals surface area contributed by atoms with Gasteiger partial charge in [0.05, 0.1) is 25.3 Å². The van der Waals surface area contributed by atoms with Gasteiger partial charge in [-0.25, -0.2) is 0 Å². The van der Waals surface area contributed by atoms with Crippen molar-refractivity contribution in [3.8, 4) is 11.5 Å². The molecule has 0 N–H and O–H groups in total. The van der Waals surface area contributed by atoms with Crippen molar-refractivity contribution >= 4 is 31.9 Å². The van der Waals surface area contributed by atoms with E-state index in [1.807, 2.05) is 6.07 Å². The Kier molecular flexibility index (Phi) is 4.89. The van der Waals surface area contributed by atoms with Crippen LogP contribution in [0.15, 0.2) is 15.0 Å². The molecule has 0 unspecified atom stereocenters. The Hall–Kier alpha value is -0.260. The van der Waals surface area contributed by atoms with Crippen LogP contribution >= 0.6 is 31.9 Å². The molecule has 0 heterocycles. The zero-order chi connectivity index (χ0) is 11.4. The highest BCUT2D eigenvalue weighted by atomic mass is 79.9. The number of methoxy groups -OCH3 is 3. The lowest BCUT2D eigenvalue weighted by Crippen LogP contribution is -1.97. The molecule has 1 aromatic rings. The predicted molar refractivity (Wildman–Crippen MR) is 65.7 cm³/mol. The fourth-order valence-electron chi connectivity index (χ4n) is 1.24. The first-order valence-electron chi connectivity index (χ1n) is 4.23. The van der Waals surface area contributed by atoms with Gasteiger partial charge in [0, 0.05) is 11.6 Å². The molecule has 0 aliphatic carbocycles. The van der Waals surface area contributed by atoms with E-state index in [2.05, 4.69) is 31.9 Å². The summed E-state index contributed by atoms with van der Waals surface area (Å²) < 4.78 is 17.3. The fraction of sp³-hybridized carbons (Fsp3) is 0.400. The van der Waals surface area contributed by atoms with Gasteiger partial charge < -0.3 is 14.2 Å². The molecule has 5 heteroatoms. The molecule has 0 bridgehead atoms. The van der Waals surface area contributed by atoms with Crippen LogP contribution in [0.1, 0.15) is 5.56 Å². The van der Waals surface area contributed by atoms with Crippen molar-refractivity contribution in [1.29, 1.82) is 0 Å². The molecule has 0 spiro atoms. The molecule has 0 radical (unpaired) electrons. The quantitative estimate of drug-likeness (QED) is 0.841. The number of hydrogen-bond acceptors (Lipinski definition) is 3. The molecule has 0 aromatic heterocycles. The van der Waals surface area contributed by atoms with Crippen LogP contribution < -0.4 is 9.47 Å². The molecule has 0 aliphatic rings. The standard InChI is InChI=1S/C10H12Br2O3/c1-13-5-6-4-7(14-2)10(15-3)9(12)8(6)11/h4H,5H2,1-3H3. The smallest absolute Gasteiger partial charge is 0.176 e. The molecule has 0 saturated heterocycles. The van der Waals surface area contributed by atoms with E-state index < -0.39 is 0 Å². The zero-order valence-corrected chi connectivity index (χ0v) is 11.9. The predicted octanol–water partition coefficient (Wildman–Crippen LogP) is 3.38. The molecule has 0 saturated carbocycles. The fourth-order valence-corrected chi connectivity index (χ4v) is 2.26. The lowest BCUT2D eigenvalue weighted by atomic mass is 10.2. The van der Waals surface area contributed by atoms with E-state index in [-0.39, 0.29) is 0 Å². The minimum absolute atomic E-state index is 0.513. The highest BCUT2D eigenvalue weighted by molar-refractivity contribution is 9.13. The maximum absolute atomic E-state index is 5.24. The van der Waals surface area contributed by atoms with Crippen LogP contribution in [0.3, 0.4) is 0 Å². The molecule has 84 valence electrons. The number of benzene rings is 1. The van der Waals surface area contributed by atoms with Crippen molar-refractivity contribution in [2.75, 3.05) is 21.3 Å². The van der Waals surface area contributed by atoms with Crippen LogP contribution in [0.25, 0.3) is 0 Å². The largest absolute Gasteiger partial charge is 0.493 e. The Labute approximate surface area is 106 Å². The Bertz CT molecular complexity index is 353. The van der Waals surface area contributed by atoms with Gasteiger partial charge in [0.25, 0.3) is 0 Å². The van der Waals surface area contributed by atoms with E-state index in [9.17, 15) is 0 Å². The van der Waals surface area contributed by atoms with Gasteiger partial charge in [-0.05, 0) is 43.5 Å². The number of hydrogen-bond donors (Lipinski definition) is 0. The number of ether oxygens (including phenoxy) is 3. The van der Waals surface area contributed by atoms with Crippen LogP contribution in [-0.4, -0.2) is 21.3 Å². The van der Waals surface area contributed by atoms with E-state index in [4.69, 9.17) is 14.2 Å². The lowest BCUT2D eigenvalue weighted by molar-refractivity contribution is 0.184. The summed E-state index contributed by atoms with van der Waals surface area (Å²) in [5.41, 5.74) is 1.00. The lowest BCUT2D eigenvalue weighted by Gasteiger charge is -2.14. The van der Waals surface area contributed by atoms with Gasteiger partial charge in [-0.15, -0.1) is 0 Å². The second-order valence-corrected chi connectivity index (χ2v) is 4.42. The first-order valence-corrected chi connectivity index (χ1v) is 5.82. The summed E-state index contributed by atoms with van der Waals surface area (Å²) in [5.74, 6) is 1.35. The van der Waals surface area contributed by atoms with Crippen LogP contribution in [0.2, 0.25) is 0 Å². The molecule has 1 rings (SSSR count). The highest BCUT2D eigenvalue weighted by Gasteiger charge is 2.15. The first-order chi connectivity index (χ1) is 7.15. The molecule has 0 amide bonds. The third kappa shape index (κ3) is 2.65. The topological polar surface area (TPSA) is 27.7 Å². The average Bonchev–Trinajstić information content (AvgIpc) is 2.24. The van der Waals surface area contributed by atoms with Gasteiger partial charge in [0.2, 0.25) is 0 Å². The Morgan fingerprint density at radius 2 is 1.73 bits per heavy atom. The third-order valence-corrected chi connectivity index (χ3v) is 4.12. The Balaban J connectivity index is 3.29. The maximum atomic E-state index is 5.24. The molecular formula is C10H12Br2O3. The van der Waals surface area contributed by atoms with Crippen LogP contribution in [-0.2, 0) is 11.3 Å². The van der Waals surface area contributed by atoms with Crippen molar-refractivity contribution in [1.82, 2.24) is 0 Å². The van der Waals surface area contributed by atoms with Crippen LogP contribution in [0.4, 0.5) is 0 Å². The summed E-state index contributed by atoms with van der Waals surface area (Å²) in [6.07, 6.45) is 0. The molecule has 3 nitrogen and oxygen atoms in total. The van der Waals surface area contributed by atoms with E-state index in [1.54, 1.807) is 21.3 Å². The number of rotatable bonds is 4. The molecular weight excluding hydrogens is 328 g/mol. The SMILES string of the molecule is COCc1cc(OC)c(OC)c(Br)c1Br. The van der Waals surface area contributed by atoms with Gasteiger partial charge in [-0.3, -0.25) is 0 Å². The van der Waals surface area contributed by atoms with Crippen molar-refractivity contribution < 1.29 is 14.2 Å². The monoisotopic (exact) mass is 338 g/mol. The van der Waals surface area contributed by atoms with Crippen molar-refractivity contribution in [2.45, 2.75) is 6.61 Å². The molecule has 0 aliphatic heterocycles. The van der Waals surface area contributed by atoms with Gasteiger partial charge in [0.1, 0.15) is 0 Å². The van der Waals surface area contributed by atoms with E-state index >= 15 is 0 Å². The van der Waals surface area contributed by atoms with E-state index in [1.165, 1.54) is 0 Å². The van der Waals surface area contributed by atoms with Gasteiger partial charge >= 0.3 is 0 Å². The summed E-state index contributed by atoms with van der Waals surface area (Å²) in [7, 11) is 4.86. The van der Waals surface area contributed by atoms with Crippen molar-refractivity contribution in [3.05, 3.63) is 20.6 Å². The summed E-state index contributed by atoms with van der Waals surface area (Å²) in [6.45, 7) is 0.513. The van der Waals surface area contributed by atoms with Crippen LogP contribution in [0, 0.1) is 0 Å². The van der Waals surface area contributed by atoms with Gasteiger partial charge in [0.15, 0.2) is 11.5 Å². The minimum Gasteiger partial charge on any atom is -0.493 e. The second-order valence-electron chi connectivity index (χ2n) is 2.83. The zero-order valence-electron chi connectivity index (χ0n) is 8.77. The molecule has 0 fully saturated rings. The Morgan fingerprint density at radius 1 is 1.07 bits per heavy atom. The number of halogens is 2. The average molecular weight is 340 g/mol. The molecule has 1 aromatic carbocycles. The van der Waals surface area contributed by atoms with Crippen molar-refractivity contribution in [2.24, 2.45) is 0 Å². The van der Waals surface area contributed by atoms with Gasteiger partial charge in [-0.2, -0.15) is 0 Å². The third-order valence-electron chi connectivity index (χ3n) is 1.93. The normalized spacial score (nSPS) is 10.2. The summed E-state index contributed by atoms with van der Waals surface area (Å²) >= 11 is 6.92. The van der Waals surface area contributed by atoms with E-state index in [0.717, 1.165) is 14.5 Å². The summed E-state index contributed by atoms with van der Waals surface area (Å²) in [4.78, 5) is 0. The molecule has 0 atom stereocenters. The maximum Gasteiger partial charge on any atom is 0.176 e. The summed E-state index contributed by atoms with van der Waals surface area (Å²) in [6, 6.07) is 1.89. The minimum atomic E-state index is 0.513. The van der Waals surface area contributed by atoms with Crippen molar-refractivity contribution in [3.63, 3.8) is 0 Å². The highest BCUT2D eigenvalue weighted by Crippen LogP contribution is 2.42. The Morgan fingerprint density at radius 3 is 2.20 bits per heavy atom. The first kappa shape index (κ1) is 12.8.